The van der Waals surface area contributed by atoms with E-state index in [1.165, 1.54) is 12.1 Å². The van der Waals surface area contributed by atoms with Crippen LogP contribution in [0.5, 0.6) is 0 Å². The van der Waals surface area contributed by atoms with Gasteiger partial charge in [0.05, 0.1) is 18.0 Å². The second kappa shape index (κ2) is 8.68. The molecule has 1 aromatic carbocycles. The van der Waals surface area contributed by atoms with Crippen molar-refractivity contribution < 1.29 is 37.1 Å². The fraction of sp³-hybridized carbons (Fsp3) is 0.529. The van der Waals surface area contributed by atoms with Crippen molar-refractivity contribution in [3.05, 3.63) is 29.8 Å². The van der Waals surface area contributed by atoms with Gasteiger partial charge in [-0.2, -0.15) is 8.42 Å². The Bertz CT molecular complexity index is 777. The number of hydrogen-bond acceptors (Lipinski definition) is 7. The van der Waals surface area contributed by atoms with Crippen molar-refractivity contribution >= 4 is 22.2 Å². The Morgan fingerprint density at radius 3 is 2.41 bits per heavy atom. The molecule has 1 fully saturated rings. The lowest BCUT2D eigenvalue weighted by atomic mass is 9.95. The van der Waals surface area contributed by atoms with E-state index < -0.39 is 40.2 Å². The van der Waals surface area contributed by atoms with Crippen molar-refractivity contribution in [2.24, 2.45) is 5.92 Å². The zero-order valence-corrected chi connectivity index (χ0v) is 15.9. The Morgan fingerprint density at radius 1 is 1.26 bits per heavy atom. The van der Waals surface area contributed by atoms with Crippen molar-refractivity contribution in [1.29, 1.82) is 0 Å². The smallest absolute Gasteiger partial charge is 0.410 e. The van der Waals surface area contributed by atoms with E-state index in [-0.39, 0.29) is 31.1 Å². The molecule has 1 heterocycles. The summed E-state index contributed by atoms with van der Waals surface area (Å²) in [5.74, 6) is -2.22. The molecular weight excluding hydrogens is 378 g/mol. The minimum atomic E-state index is -4.18. The Balaban J connectivity index is 2.31. The zero-order chi connectivity index (χ0) is 20.2. The van der Waals surface area contributed by atoms with Gasteiger partial charge in [0.25, 0.3) is 10.1 Å². The molecule has 1 aromatic rings. The highest BCUT2D eigenvalue weighted by atomic mass is 32.2. The Morgan fingerprint density at radius 2 is 1.89 bits per heavy atom. The summed E-state index contributed by atoms with van der Waals surface area (Å²) in [6, 6.07) is 4.65. The molecule has 2 N–H and O–H groups in total. The highest BCUT2D eigenvalue weighted by Crippen LogP contribution is 2.33. The molecule has 0 aliphatic carbocycles. The predicted molar refractivity (Wildman–Crippen MR) is 93.6 cm³/mol. The van der Waals surface area contributed by atoms with Crippen LogP contribution in [0, 0.1) is 12.8 Å². The first-order chi connectivity index (χ1) is 12.7. The van der Waals surface area contributed by atoms with Gasteiger partial charge in [-0.1, -0.05) is 17.7 Å². The van der Waals surface area contributed by atoms with Gasteiger partial charge < -0.3 is 14.9 Å². The van der Waals surface area contributed by atoms with Gasteiger partial charge in [-0.15, -0.1) is 0 Å². The van der Waals surface area contributed by atoms with E-state index in [9.17, 15) is 28.2 Å². The molecule has 0 spiro atoms. The first-order valence-corrected chi connectivity index (χ1v) is 9.89. The van der Waals surface area contributed by atoms with Crippen molar-refractivity contribution in [1.82, 2.24) is 4.90 Å². The van der Waals surface area contributed by atoms with Crippen LogP contribution in [0.15, 0.2) is 29.2 Å². The topological polar surface area (TPSA) is 130 Å². The maximum Gasteiger partial charge on any atom is 0.410 e. The number of rotatable bonds is 7. The van der Waals surface area contributed by atoms with Gasteiger partial charge in [-0.05, 0) is 32.4 Å². The van der Waals surface area contributed by atoms with Crippen LogP contribution in [-0.2, 0) is 23.8 Å². The van der Waals surface area contributed by atoms with Crippen LogP contribution in [0.25, 0.3) is 0 Å². The molecule has 9 nitrogen and oxygen atoms in total. The first kappa shape index (κ1) is 21.1. The highest BCUT2D eigenvalue weighted by Gasteiger charge is 2.50. The van der Waals surface area contributed by atoms with Crippen molar-refractivity contribution in [3.63, 3.8) is 0 Å². The SMILES string of the molecule is CCOC(=O)N1C[C@H](OS(=O)(=O)c2ccc(C)cc2)[C@H](CCO)[C@H]1C(=O)O. The number of carbonyl (C=O) groups excluding carboxylic acids is 1. The third kappa shape index (κ3) is 4.76. The summed E-state index contributed by atoms with van der Waals surface area (Å²) >= 11 is 0. The fourth-order valence-electron chi connectivity index (χ4n) is 3.11. The summed E-state index contributed by atoms with van der Waals surface area (Å²) in [6.45, 7) is 2.77. The monoisotopic (exact) mass is 401 g/mol. The summed E-state index contributed by atoms with van der Waals surface area (Å²) in [4.78, 5) is 24.7. The number of carboxylic acid groups (broad SMARTS) is 1. The largest absolute Gasteiger partial charge is 0.480 e. The molecule has 0 bridgehead atoms. The van der Waals surface area contributed by atoms with Gasteiger partial charge >= 0.3 is 12.1 Å². The molecule has 2 rings (SSSR count). The number of nitrogens with zero attached hydrogens (tertiary/aromatic N) is 1. The molecule has 0 unspecified atom stereocenters. The van der Waals surface area contributed by atoms with E-state index in [4.69, 9.17) is 8.92 Å². The van der Waals surface area contributed by atoms with Gasteiger partial charge in [0.2, 0.25) is 0 Å². The Labute approximate surface area is 157 Å². The number of aliphatic hydroxyl groups excluding tert-OH is 1. The third-order valence-electron chi connectivity index (χ3n) is 4.37. The van der Waals surface area contributed by atoms with Crippen LogP contribution >= 0.6 is 0 Å². The number of aliphatic carboxylic acids is 1. The number of hydrogen-bond donors (Lipinski definition) is 2. The van der Waals surface area contributed by atoms with Crippen LogP contribution in [-0.4, -0.2) is 67.5 Å². The normalized spacial score (nSPS) is 22.6. The molecule has 0 aromatic heterocycles. The molecule has 27 heavy (non-hydrogen) atoms. The lowest BCUT2D eigenvalue weighted by Gasteiger charge is -2.23. The second-order valence-electron chi connectivity index (χ2n) is 6.21. The molecule has 0 saturated carbocycles. The minimum Gasteiger partial charge on any atom is -0.480 e. The summed E-state index contributed by atoms with van der Waals surface area (Å²) in [7, 11) is -4.18. The van der Waals surface area contributed by atoms with E-state index in [0.717, 1.165) is 10.5 Å². The van der Waals surface area contributed by atoms with Gasteiger partial charge in [-0.25, -0.2) is 9.59 Å². The number of amides is 1. The molecule has 1 saturated heterocycles. The molecule has 3 atom stereocenters. The van der Waals surface area contributed by atoms with Gasteiger partial charge in [0.1, 0.15) is 12.1 Å². The van der Waals surface area contributed by atoms with Crippen LogP contribution < -0.4 is 0 Å². The zero-order valence-electron chi connectivity index (χ0n) is 15.1. The molecule has 150 valence electrons. The Hall–Kier alpha value is -2.17. The maximum absolute atomic E-state index is 12.6. The molecule has 1 aliphatic rings. The third-order valence-corrected chi connectivity index (χ3v) is 5.72. The number of aliphatic hydroxyl groups is 1. The fourth-order valence-corrected chi connectivity index (χ4v) is 4.22. The van der Waals surface area contributed by atoms with Crippen LogP contribution in [0.1, 0.15) is 18.9 Å². The predicted octanol–water partition coefficient (Wildman–Crippen LogP) is 0.993. The number of aryl methyl sites for hydroxylation is 1. The second-order valence-corrected chi connectivity index (χ2v) is 7.78. The number of benzene rings is 1. The molecule has 1 amide bonds. The molecule has 0 radical (unpaired) electrons. The van der Waals surface area contributed by atoms with Gasteiger partial charge in [0, 0.05) is 12.5 Å². The van der Waals surface area contributed by atoms with Crippen molar-refractivity contribution in [2.75, 3.05) is 19.8 Å². The van der Waals surface area contributed by atoms with Crippen LogP contribution in [0.4, 0.5) is 4.79 Å². The summed E-state index contributed by atoms with van der Waals surface area (Å²) in [5, 5.41) is 18.8. The number of carbonyl (C=O) groups is 2. The standard InChI is InChI=1S/C17H23NO8S/c1-3-25-17(22)18-10-14(13(8-9-19)15(18)16(20)21)26-27(23,24)12-6-4-11(2)5-7-12/h4-7,13-15,19H,3,8-10H2,1-2H3,(H,20,21)/t13-,14-,15-/m0/s1. The lowest BCUT2D eigenvalue weighted by Crippen LogP contribution is -2.43. The lowest BCUT2D eigenvalue weighted by molar-refractivity contribution is -0.143. The average Bonchev–Trinajstić information content (AvgIpc) is 2.94. The van der Waals surface area contributed by atoms with Crippen LogP contribution in [0.2, 0.25) is 0 Å². The van der Waals surface area contributed by atoms with Crippen molar-refractivity contribution in [2.45, 2.75) is 37.3 Å². The van der Waals surface area contributed by atoms with Gasteiger partial charge in [-0.3, -0.25) is 9.08 Å². The molecular formula is C17H23NO8S. The van der Waals surface area contributed by atoms with Crippen molar-refractivity contribution in [3.8, 4) is 0 Å². The van der Waals surface area contributed by atoms with E-state index in [0.29, 0.717) is 0 Å². The highest BCUT2D eigenvalue weighted by molar-refractivity contribution is 7.86. The Kier molecular flexibility index (Phi) is 6.79. The number of carboxylic acids is 1. The number of likely N-dealkylation sites (tertiary alicyclic amines) is 1. The summed E-state index contributed by atoms with van der Waals surface area (Å²) in [6.07, 6.45) is -2.03. The van der Waals surface area contributed by atoms with E-state index >= 15 is 0 Å². The first-order valence-electron chi connectivity index (χ1n) is 8.48. The van der Waals surface area contributed by atoms with E-state index in [2.05, 4.69) is 0 Å². The summed E-state index contributed by atoms with van der Waals surface area (Å²) in [5.41, 5.74) is 0.868. The average molecular weight is 401 g/mol. The van der Waals surface area contributed by atoms with E-state index in [1.54, 1.807) is 26.0 Å². The molecule has 10 heteroatoms. The number of ether oxygens (including phenoxy) is 1. The minimum absolute atomic E-state index is 0.0407. The van der Waals surface area contributed by atoms with E-state index in [1.807, 2.05) is 0 Å². The molecule has 1 aliphatic heterocycles. The maximum atomic E-state index is 12.6. The summed E-state index contributed by atoms with van der Waals surface area (Å²) < 4.78 is 35.3. The quantitative estimate of drug-likeness (QED) is 0.647. The van der Waals surface area contributed by atoms with Crippen LogP contribution in [0.3, 0.4) is 0 Å². The van der Waals surface area contributed by atoms with Gasteiger partial charge in [0.15, 0.2) is 0 Å².